The monoisotopic (exact) mass is 253 g/mol. The van der Waals surface area contributed by atoms with E-state index >= 15 is 0 Å². The fourth-order valence-corrected chi connectivity index (χ4v) is 2.28. The first kappa shape index (κ1) is 11.3. The van der Waals surface area contributed by atoms with Gasteiger partial charge in [0.1, 0.15) is 5.52 Å². The highest BCUT2D eigenvalue weighted by Gasteiger charge is 2.34. The summed E-state index contributed by atoms with van der Waals surface area (Å²) in [7, 11) is 0. The van der Waals surface area contributed by atoms with E-state index in [9.17, 15) is 8.78 Å². The lowest BCUT2D eigenvalue weighted by Gasteiger charge is -2.33. The topological polar surface area (TPSA) is 55.3 Å². The second-order valence-electron chi connectivity index (χ2n) is 4.58. The zero-order valence-electron chi connectivity index (χ0n) is 9.70. The predicted octanol–water partition coefficient (Wildman–Crippen LogP) is 2.65. The number of alkyl halides is 2. The number of nitrogen functional groups attached to an aromatic ring is 1. The summed E-state index contributed by atoms with van der Waals surface area (Å²) in [6, 6.07) is 3.46. The van der Waals surface area contributed by atoms with Gasteiger partial charge in [-0.1, -0.05) is 0 Å². The molecule has 96 valence electrons. The van der Waals surface area contributed by atoms with Gasteiger partial charge >= 0.3 is 0 Å². The third-order valence-electron chi connectivity index (χ3n) is 3.27. The van der Waals surface area contributed by atoms with Crippen LogP contribution in [0.1, 0.15) is 12.8 Å². The Morgan fingerprint density at radius 2 is 2.00 bits per heavy atom. The Morgan fingerprint density at radius 3 is 2.72 bits per heavy atom. The largest absolute Gasteiger partial charge is 0.441 e. The second-order valence-corrected chi connectivity index (χ2v) is 4.58. The highest BCUT2D eigenvalue weighted by Crippen LogP contribution is 2.34. The SMILES string of the molecule is Nc1cc(N2CCC(F)(F)CC2)c2ocnc2c1. The molecular weight excluding hydrogens is 240 g/mol. The van der Waals surface area contributed by atoms with Crippen molar-refractivity contribution in [1.29, 1.82) is 0 Å². The first-order chi connectivity index (χ1) is 8.55. The fourth-order valence-electron chi connectivity index (χ4n) is 2.28. The Hall–Kier alpha value is -1.85. The average molecular weight is 253 g/mol. The van der Waals surface area contributed by atoms with Crippen LogP contribution in [0.3, 0.4) is 0 Å². The molecule has 0 amide bonds. The minimum Gasteiger partial charge on any atom is -0.441 e. The summed E-state index contributed by atoms with van der Waals surface area (Å²) >= 11 is 0. The van der Waals surface area contributed by atoms with Crippen LogP contribution in [0, 0.1) is 0 Å². The van der Waals surface area contributed by atoms with Gasteiger partial charge in [0.2, 0.25) is 0 Å². The first-order valence-electron chi connectivity index (χ1n) is 5.81. The zero-order chi connectivity index (χ0) is 12.8. The van der Waals surface area contributed by atoms with Crippen LogP contribution in [0.25, 0.3) is 11.1 Å². The molecule has 0 spiro atoms. The Balaban J connectivity index is 1.97. The van der Waals surface area contributed by atoms with E-state index in [0.717, 1.165) is 5.69 Å². The molecule has 0 unspecified atom stereocenters. The molecule has 1 fully saturated rings. The molecule has 4 nitrogen and oxygen atoms in total. The molecule has 0 atom stereocenters. The summed E-state index contributed by atoms with van der Waals surface area (Å²) in [5.41, 5.74) is 8.36. The summed E-state index contributed by atoms with van der Waals surface area (Å²) in [4.78, 5) is 5.92. The van der Waals surface area contributed by atoms with Gasteiger partial charge < -0.3 is 15.1 Å². The van der Waals surface area contributed by atoms with E-state index in [0.29, 0.717) is 29.9 Å². The van der Waals surface area contributed by atoms with Crippen LogP contribution in [-0.4, -0.2) is 24.0 Å². The molecule has 18 heavy (non-hydrogen) atoms. The van der Waals surface area contributed by atoms with Gasteiger partial charge in [-0.15, -0.1) is 0 Å². The summed E-state index contributed by atoms with van der Waals surface area (Å²) in [5, 5.41) is 0. The van der Waals surface area contributed by atoms with Gasteiger partial charge in [-0.25, -0.2) is 13.8 Å². The first-order valence-corrected chi connectivity index (χ1v) is 5.81. The van der Waals surface area contributed by atoms with Crippen LogP contribution in [0.2, 0.25) is 0 Å². The molecule has 2 heterocycles. The zero-order valence-corrected chi connectivity index (χ0v) is 9.70. The molecule has 0 bridgehead atoms. The van der Waals surface area contributed by atoms with Gasteiger partial charge in [0.15, 0.2) is 12.0 Å². The minimum absolute atomic E-state index is 0.141. The van der Waals surface area contributed by atoms with Crippen molar-refractivity contribution in [1.82, 2.24) is 4.98 Å². The van der Waals surface area contributed by atoms with Crippen molar-refractivity contribution in [2.24, 2.45) is 0 Å². The molecule has 0 aliphatic carbocycles. The number of fused-ring (bicyclic) bond motifs is 1. The number of piperidine rings is 1. The Morgan fingerprint density at radius 1 is 1.28 bits per heavy atom. The number of hydrogen-bond donors (Lipinski definition) is 1. The van der Waals surface area contributed by atoms with Gasteiger partial charge in [-0.05, 0) is 12.1 Å². The van der Waals surface area contributed by atoms with Crippen molar-refractivity contribution >= 4 is 22.5 Å². The summed E-state index contributed by atoms with van der Waals surface area (Å²) in [6.45, 7) is 0.596. The third-order valence-corrected chi connectivity index (χ3v) is 3.27. The van der Waals surface area contributed by atoms with E-state index in [1.807, 2.05) is 4.90 Å². The molecule has 1 aliphatic rings. The normalized spacial score (nSPS) is 19.3. The molecule has 1 aromatic heterocycles. The number of hydrogen-bond acceptors (Lipinski definition) is 4. The number of anilines is 2. The van der Waals surface area contributed by atoms with Gasteiger partial charge in [-0.3, -0.25) is 0 Å². The van der Waals surface area contributed by atoms with Gasteiger partial charge in [0.05, 0.1) is 5.69 Å². The molecule has 6 heteroatoms. The van der Waals surface area contributed by atoms with Crippen LogP contribution >= 0.6 is 0 Å². The van der Waals surface area contributed by atoms with Gasteiger partial charge in [0.25, 0.3) is 5.92 Å². The summed E-state index contributed by atoms with van der Waals surface area (Å²) in [5.74, 6) is -2.56. The third kappa shape index (κ3) is 1.87. The maximum atomic E-state index is 13.1. The van der Waals surface area contributed by atoms with Gasteiger partial charge in [0, 0.05) is 31.6 Å². The fraction of sp³-hybridized carbons (Fsp3) is 0.417. The summed E-state index contributed by atoms with van der Waals surface area (Å²) in [6.07, 6.45) is 1.06. The molecule has 1 saturated heterocycles. The van der Waals surface area contributed by atoms with Crippen molar-refractivity contribution < 1.29 is 13.2 Å². The molecule has 0 saturated carbocycles. The summed E-state index contributed by atoms with van der Waals surface area (Å²) < 4.78 is 31.6. The van der Waals surface area contributed by atoms with Gasteiger partial charge in [-0.2, -0.15) is 0 Å². The Labute approximate surface area is 102 Å². The molecule has 2 N–H and O–H groups in total. The van der Waals surface area contributed by atoms with Crippen molar-refractivity contribution in [3.8, 4) is 0 Å². The standard InChI is InChI=1S/C12H13F2N3O/c13-12(14)1-3-17(4-2-12)10-6-8(15)5-9-11(10)18-7-16-9/h5-7H,1-4,15H2. The lowest BCUT2D eigenvalue weighted by Crippen LogP contribution is -2.39. The molecule has 0 radical (unpaired) electrons. The number of halogens is 2. The second kappa shape index (κ2) is 3.83. The molecule has 2 aromatic rings. The van der Waals surface area contributed by atoms with Crippen LogP contribution in [0.5, 0.6) is 0 Å². The predicted molar refractivity (Wildman–Crippen MR) is 64.8 cm³/mol. The van der Waals surface area contributed by atoms with Crippen molar-refractivity contribution in [3.05, 3.63) is 18.5 Å². The van der Waals surface area contributed by atoms with Crippen LogP contribution in [0.4, 0.5) is 20.2 Å². The molecule has 1 aromatic carbocycles. The Bertz CT molecular complexity index is 572. The molecule has 3 rings (SSSR count). The van der Waals surface area contributed by atoms with Crippen molar-refractivity contribution in [3.63, 3.8) is 0 Å². The molecule has 1 aliphatic heterocycles. The van der Waals surface area contributed by atoms with E-state index in [1.165, 1.54) is 6.39 Å². The maximum absolute atomic E-state index is 13.1. The molecular formula is C12H13F2N3O. The van der Waals surface area contributed by atoms with E-state index in [2.05, 4.69) is 4.98 Å². The maximum Gasteiger partial charge on any atom is 0.251 e. The van der Waals surface area contributed by atoms with E-state index < -0.39 is 5.92 Å². The van der Waals surface area contributed by atoms with Crippen LogP contribution in [-0.2, 0) is 0 Å². The lowest BCUT2D eigenvalue weighted by atomic mass is 10.1. The minimum atomic E-state index is -2.56. The van der Waals surface area contributed by atoms with E-state index in [-0.39, 0.29) is 12.8 Å². The van der Waals surface area contributed by atoms with E-state index in [4.69, 9.17) is 10.2 Å². The average Bonchev–Trinajstić information content (AvgIpc) is 2.76. The van der Waals surface area contributed by atoms with Crippen LogP contribution in [0.15, 0.2) is 22.9 Å². The van der Waals surface area contributed by atoms with Crippen LogP contribution < -0.4 is 10.6 Å². The Kier molecular flexibility index (Phi) is 2.39. The smallest absolute Gasteiger partial charge is 0.251 e. The number of oxazole rings is 1. The number of benzene rings is 1. The highest BCUT2D eigenvalue weighted by atomic mass is 19.3. The van der Waals surface area contributed by atoms with E-state index in [1.54, 1.807) is 12.1 Å². The number of aromatic nitrogens is 1. The number of nitrogens with two attached hydrogens (primary N) is 1. The highest BCUT2D eigenvalue weighted by molar-refractivity contribution is 5.90. The van der Waals surface area contributed by atoms with Crippen molar-refractivity contribution in [2.45, 2.75) is 18.8 Å². The number of rotatable bonds is 1. The van der Waals surface area contributed by atoms with Crippen molar-refractivity contribution in [2.75, 3.05) is 23.7 Å². The lowest BCUT2D eigenvalue weighted by molar-refractivity contribution is -0.0220. The number of nitrogens with zero attached hydrogens (tertiary/aromatic N) is 2. The quantitative estimate of drug-likeness (QED) is 0.794.